The number of halogens is 2. The average molecular weight is 435 g/mol. The summed E-state index contributed by atoms with van der Waals surface area (Å²) in [6.07, 6.45) is 1.42. The minimum Gasteiger partial charge on any atom is -0.450 e. The zero-order valence-electron chi connectivity index (χ0n) is 16.6. The van der Waals surface area contributed by atoms with Gasteiger partial charge in [0, 0.05) is 6.20 Å². The van der Waals surface area contributed by atoms with Crippen molar-refractivity contribution in [1.82, 2.24) is 4.98 Å². The predicted molar refractivity (Wildman–Crippen MR) is 116 cm³/mol. The number of hydrogen-bond acceptors (Lipinski definition) is 4. The number of nitrogens with zero attached hydrogens (tertiary/aromatic N) is 2. The van der Waals surface area contributed by atoms with Crippen molar-refractivity contribution in [2.45, 2.75) is 19.9 Å². The number of pyridine rings is 1. The van der Waals surface area contributed by atoms with E-state index in [-0.39, 0.29) is 16.8 Å². The van der Waals surface area contributed by atoms with Crippen LogP contribution in [0.3, 0.4) is 0 Å². The van der Waals surface area contributed by atoms with Crippen molar-refractivity contribution >= 4 is 34.3 Å². The lowest BCUT2D eigenvalue weighted by Gasteiger charge is -2.24. The first-order valence-electron chi connectivity index (χ1n) is 9.63. The van der Waals surface area contributed by atoms with Crippen molar-refractivity contribution in [3.05, 3.63) is 104 Å². The second kappa shape index (κ2) is 7.03. The maximum atomic E-state index is 13.6. The van der Waals surface area contributed by atoms with E-state index < -0.39 is 17.8 Å². The molecule has 0 saturated heterocycles. The van der Waals surface area contributed by atoms with Crippen LogP contribution in [0.4, 0.5) is 10.2 Å². The van der Waals surface area contributed by atoms with Gasteiger partial charge in [-0.1, -0.05) is 23.7 Å². The maximum Gasteiger partial charge on any atom is 0.296 e. The van der Waals surface area contributed by atoms with E-state index >= 15 is 0 Å². The Bertz CT molecular complexity index is 1410. The van der Waals surface area contributed by atoms with Crippen molar-refractivity contribution in [3.8, 4) is 0 Å². The molecule has 5 rings (SSSR count). The molecule has 2 aromatic carbocycles. The SMILES string of the molecule is Cc1cc2oc3c(c(=O)c2cc1C)C(c1ccc(F)cc1)N(c1ccc(Cl)cn1)C3=O. The van der Waals surface area contributed by atoms with Crippen molar-refractivity contribution in [2.24, 2.45) is 0 Å². The smallest absolute Gasteiger partial charge is 0.296 e. The number of anilines is 1. The van der Waals surface area contributed by atoms with E-state index in [2.05, 4.69) is 4.98 Å². The van der Waals surface area contributed by atoms with Gasteiger partial charge in [0.25, 0.3) is 5.91 Å². The lowest BCUT2D eigenvalue weighted by atomic mass is 9.97. The van der Waals surface area contributed by atoms with Gasteiger partial charge in [-0.25, -0.2) is 9.37 Å². The minimum absolute atomic E-state index is 0.0353. The topological polar surface area (TPSA) is 63.4 Å². The molecular weight excluding hydrogens is 419 g/mol. The second-order valence-electron chi connectivity index (χ2n) is 7.57. The number of benzene rings is 2. The van der Waals surface area contributed by atoms with Gasteiger partial charge in [-0.2, -0.15) is 0 Å². The Hall–Kier alpha value is -3.51. The molecule has 154 valence electrons. The van der Waals surface area contributed by atoms with E-state index in [1.54, 1.807) is 36.4 Å². The first kappa shape index (κ1) is 19.5. The number of carbonyl (C=O) groups excluding carboxylic acids is 1. The van der Waals surface area contributed by atoms with Gasteiger partial charge in [-0.3, -0.25) is 14.5 Å². The molecule has 1 unspecified atom stereocenters. The molecular formula is C24H16ClFN2O3. The molecule has 4 aromatic rings. The molecule has 1 aliphatic heterocycles. The third-order valence-electron chi connectivity index (χ3n) is 5.63. The van der Waals surface area contributed by atoms with Gasteiger partial charge < -0.3 is 4.42 Å². The Morgan fingerprint density at radius 1 is 1.03 bits per heavy atom. The Balaban J connectivity index is 1.82. The fourth-order valence-corrected chi connectivity index (χ4v) is 4.05. The van der Waals surface area contributed by atoms with E-state index in [4.69, 9.17) is 16.0 Å². The molecule has 2 aromatic heterocycles. The molecule has 0 aliphatic carbocycles. The molecule has 0 spiro atoms. The van der Waals surface area contributed by atoms with Crippen LogP contribution in [0.25, 0.3) is 11.0 Å². The molecule has 0 fully saturated rings. The van der Waals surface area contributed by atoms with Crippen LogP contribution in [-0.2, 0) is 0 Å². The molecule has 0 bridgehead atoms. The number of aryl methyl sites for hydroxylation is 2. The van der Waals surface area contributed by atoms with Crippen molar-refractivity contribution < 1.29 is 13.6 Å². The lowest BCUT2D eigenvalue weighted by molar-refractivity contribution is 0.0970. The zero-order chi connectivity index (χ0) is 21.9. The van der Waals surface area contributed by atoms with E-state index in [0.717, 1.165) is 11.1 Å². The van der Waals surface area contributed by atoms with Gasteiger partial charge in [0.05, 0.1) is 22.0 Å². The Morgan fingerprint density at radius 3 is 2.42 bits per heavy atom. The highest BCUT2D eigenvalue weighted by Crippen LogP contribution is 2.40. The third-order valence-corrected chi connectivity index (χ3v) is 5.85. The Morgan fingerprint density at radius 2 is 1.74 bits per heavy atom. The number of fused-ring (bicyclic) bond motifs is 2. The normalized spacial score (nSPS) is 15.5. The Labute approximate surface area is 181 Å². The summed E-state index contributed by atoms with van der Waals surface area (Å²) in [4.78, 5) is 32.6. The third kappa shape index (κ3) is 3.02. The molecule has 0 saturated carbocycles. The molecule has 1 aliphatic rings. The van der Waals surface area contributed by atoms with Crippen molar-refractivity contribution in [2.75, 3.05) is 4.90 Å². The van der Waals surface area contributed by atoms with Crippen LogP contribution in [-0.4, -0.2) is 10.9 Å². The molecule has 3 heterocycles. The average Bonchev–Trinajstić information content (AvgIpc) is 3.04. The van der Waals surface area contributed by atoms with Crippen LogP contribution >= 0.6 is 11.6 Å². The monoisotopic (exact) mass is 434 g/mol. The molecule has 5 nitrogen and oxygen atoms in total. The summed E-state index contributed by atoms with van der Waals surface area (Å²) in [6, 6.07) is 11.6. The fraction of sp³-hybridized carbons (Fsp3) is 0.125. The number of rotatable bonds is 2. The van der Waals surface area contributed by atoms with Gasteiger partial charge in [-0.15, -0.1) is 0 Å². The first-order valence-corrected chi connectivity index (χ1v) is 10.0. The van der Waals surface area contributed by atoms with E-state index in [1.807, 2.05) is 13.8 Å². The molecule has 7 heteroatoms. The predicted octanol–water partition coefficient (Wildman–Crippen LogP) is 5.35. The Kier molecular flexibility index (Phi) is 4.41. The van der Waals surface area contributed by atoms with Crippen LogP contribution in [0.15, 0.2) is 63.9 Å². The summed E-state index contributed by atoms with van der Waals surface area (Å²) in [5.74, 6) is -0.629. The van der Waals surface area contributed by atoms with Crippen LogP contribution in [0.2, 0.25) is 5.02 Å². The van der Waals surface area contributed by atoms with Gasteiger partial charge >= 0.3 is 0 Å². The highest BCUT2D eigenvalue weighted by molar-refractivity contribution is 6.30. The highest BCUT2D eigenvalue weighted by Gasteiger charge is 2.44. The zero-order valence-corrected chi connectivity index (χ0v) is 17.4. The molecule has 1 amide bonds. The summed E-state index contributed by atoms with van der Waals surface area (Å²) in [5, 5.41) is 0.810. The van der Waals surface area contributed by atoms with Gasteiger partial charge in [0.2, 0.25) is 5.76 Å². The second-order valence-corrected chi connectivity index (χ2v) is 8.01. The van der Waals surface area contributed by atoms with Crippen molar-refractivity contribution in [3.63, 3.8) is 0 Å². The van der Waals surface area contributed by atoms with Crippen LogP contribution in [0.5, 0.6) is 0 Å². The summed E-state index contributed by atoms with van der Waals surface area (Å²) in [5.41, 5.74) is 2.73. The quantitative estimate of drug-likeness (QED) is 0.427. The first-order chi connectivity index (χ1) is 14.8. The summed E-state index contributed by atoms with van der Waals surface area (Å²) < 4.78 is 19.6. The van der Waals surface area contributed by atoms with E-state index in [1.165, 1.54) is 23.2 Å². The summed E-state index contributed by atoms with van der Waals surface area (Å²) >= 11 is 5.96. The number of aromatic nitrogens is 1. The van der Waals surface area contributed by atoms with Gasteiger partial charge in [0.1, 0.15) is 17.2 Å². The summed E-state index contributed by atoms with van der Waals surface area (Å²) in [7, 11) is 0. The number of carbonyl (C=O) groups is 1. The standard InChI is InChI=1S/C24H16ClFN2O3/c1-12-9-17-18(10-13(12)2)31-23-20(22(17)29)21(14-3-6-16(26)7-4-14)28(24(23)30)19-8-5-15(25)11-27-19/h3-11,21H,1-2H3. The molecule has 0 N–H and O–H groups in total. The van der Waals surface area contributed by atoms with Crippen LogP contribution in [0.1, 0.15) is 38.9 Å². The summed E-state index contributed by atoms with van der Waals surface area (Å²) in [6.45, 7) is 3.82. The highest BCUT2D eigenvalue weighted by atomic mass is 35.5. The lowest BCUT2D eigenvalue weighted by Crippen LogP contribution is -2.30. The largest absolute Gasteiger partial charge is 0.450 e. The van der Waals surface area contributed by atoms with Gasteiger partial charge in [-0.05, 0) is 66.9 Å². The van der Waals surface area contributed by atoms with E-state index in [9.17, 15) is 14.0 Å². The minimum atomic E-state index is -0.806. The van der Waals surface area contributed by atoms with Crippen molar-refractivity contribution in [1.29, 1.82) is 0 Å². The number of hydrogen-bond donors (Lipinski definition) is 0. The van der Waals surface area contributed by atoms with Crippen LogP contribution < -0.4 is 10.3 Å². The van der Waals surface area contributed by atoms with Gasteiger partial charge in [0.15, 0.2) is 5.43 Å². The molecule has 1 atom stereocenters. The maximum absolute atomic E-state index is 13.6. The van der Waals surface area contributed by atoms with E-state index in [0.29, 0.717) is 27.4 Å². The number of amides is 1. The molecule has 0 radical (unpaired) electrons. The van der Waals surface area contributed by atoms with Crippen LogP contribution in [0, 0.1) is 19.7 Å². The molecule has 31 heavy (non-hydrogen) atoms. The fourth-order valence-electron chi connectivity index (χ4n) is 3.94.